The minimum absolute atomic E-state index is 0.327. The zero-order valence-electron chi connectivity index (χ0n) is 8.29. The van der Waals surface area contributed by atoms with Crippen LogP contribution in [0.2, 0.25) is 0 Å². The van der Waals surface area contributed by atoms with E-state index < -0.39 is 0 Å². The van der Waals surface area contributed by atoms with Gasteiger partial charge in [-0.2, -0.15) is 0 Å². The van der Waals surface area contributed by atoms with Gasteiger partial charge in [0.2, 0.25) is 0 Å². The summed E-state index contributed by atoms with van der Waals surface area (Å²) in [6.07, 6.45) is 0. The van der Waals surface area contributed by atoms with E-state index in [2.05, 4.69) is 0 Å². The van der Waals surface area contributed by atoms with Crippen LogP contribution in [0.5, 0.6) is 5.75 Å². The summed E-state index contributed by atoms with van der Waals surface area (Å²) in [4.78, 5) is 0. The van der Waals surface area contributed by atoms with Crippen molar-refractivity contribution in [3.05, 3.63) is 29.6 Å². The van der Waals surface area contributed by atoms with E-state index in [9.17, 15) is 4.39 Å². The van der Waals surface area contributed by atoms with Gasteiger partial charge in [-0.25, -0.2) is 4.39 Å². The van der Waals surface area contributed by atoms with Crippen molar-refractivity contribution < 1.29 is 13.9 Å². The first-order valence-corrected chi connectivity index (χ1v) is 4.27. The molecule has 1 atom stereocenters. The molecule has 1 aromatic carbocycles. The van der Waals surface area contributed by atoms with Crippen LogP contribution < -0.4 is 10.5 Å². The summed E-state index contributed by atoms with van der Waals surface area (Å²) in [5.41, 5.74) is 6.40. The monoisotopic (exact) mass is 199 g/mol. The van der Waals surface area contributed by atoms with Crippen molar-refractivity contribution in [1.29, 1.82) is 0 Å². The van der Waals surface area contributed by atoms with E-state index in [0.29, 0.717) is 17.9 Å². The molecule has 14 heavy (non-hydrogen) atoms. The van der Waals surface area contributed by atoms with Gasteiger partial charge >= 0.3 is 0 Å². The van der Waals surface area contributed by atoms with Gasteiger partial charge in [-0.3, -0.25) is 0 Å². The van der Waals surface area contributed by atoms with E-state index in [0.717, 1.165) is 0 Å². The fourth-order valence-corrected chi connectivity index (χ4v) is 1.26. The van der Waals surface area contributed by atoms with Crippen molar-refractivity contribution >= 4 is 0 Å². The molecule has 1 aromatic rings. The summed E-state index contributed by atoms with van der Waals surface area (Å²) in [5, 5.41) is 0. The third-order valence-corrected chi connectivity index (χ3v) is 1.94. The van der Waals surface area contributed by atoms with Crippen LogP contribution in [0.25, 0.3) is 0 Å². The van der Waals surface area contributed by atoms with Crippen molar-refractivity contribution in [2.45, 2.75) is 6.04 Å². The van der Waals surface area contributed by atoms with Gasteiger partial charge in [-0.15, -0.1) is 0 Å². The molecule has 0 aliphatic heterocycles. The van der Waals surface area contributed by atoms with Gasteiger partial charge in [-0.1, -0.05) is 0 Å². The number of halogens is 1. The van der Waals surface area contributed by atoms with Crippen molar-refractivity contribution in [3.63, 3.8) is 0 Å². The molecule has 0 saturated carbocycles. The van der Waals surface area contributed by atoms with Gasteiger partial charge in [0.25, 0.3) is 0 Å². The number of hydrogen-bond acceptors (Lipinski definition) is 3. The maximum Gasteiger partial charge on any atom is 0.123 e. The summed E-state index contributed by atoms with van der Waals surface area (Å²) >= 11 is 0. The fraction of sp³-hybridized carbons (Fsp3) is 0.400. The topological polar surface area (TPSA) is 44.5 Å². The second kappa shape index (κ2) is 4.93. The minimum Gasteiger partial charge on any atom is -0.496 e. The SMILES string of the molecule is COC[C@@H](N)c1cc(F)ccc1OC. The van der Waals surface area contributed by atoms with Crippen molar-refractivity contribution in [3.8, 4) is 5.75 Å². The summed E-state index contributed by atoms with van der Waals surface area (Å²) in [5.74, 6) is 0.253. The molecule has 0 amide bonds. The van der Waals surface area contributed by atoms with Crippen LogP contribution >= 0.6 is 0 Å². The Kier molecular flexibility index (Phi) is 3.85. The first-order chi connectivity index (χ1) is 6.69. The fourth-order valence-electron chi connectivity index (χ4n) is 1.26. The Morgan fingerprint density at radius 3 is 2.71 bits per heavy atom. The molecular formula is C10H14FNO2. The highest BCUT2D eigenvalue weighted by Crippen LogP contribution is 2.24. The molecule has 2 N–H and O–H groups in total. The third kappa shape index (κ3) is 2.43. The highest BCUT2D eigenvalue weighted by atomic mass is 19.1. The molecular weight excluding hydrogens is 185 g/mol. The summed E-state index contributed by atoms with van der Waals surface area (Å²) < 4.78 is 22.9. The van der Waals surface area contributed by atoms with Crippen LogP contribution in [0.1, 0.15) is 11.6 Å². The second-order valence-corrected chi connectivity index (χ2v) is 2.95. The third-order valence-electron chi connectivity index (χ3n) is 1.94. The smallest absolute Gasteiger partial charge is 0.123 e. The molecule has 0 aliphatic carbocycles. The molecule has 4 heteroatoms. The standard InChI is InChI=1S/C10H14FNO2/c1-13-6-9(12)8-5-7(11)3-4-10(8)14-2/h3-5,9H,6,12H2,1-2H3/t9-/m1/s1. The number of methoxy groups -OCH3 is 2. The minimum atomic E-state index is -0.370. The number of nitrogens with two attached hydrogens (primary N) is 1. The summed E-state index contributed by atoms with van der Waals surface area (Å²) in [6, 6.07) is 3.88. The molecule has 0 saturated heterocycles. The first-order valence-electron chi connectivity index (χ1n) is 4.27. The molecule has 0 bridgehead atoms. The lowest BCUT2D eigenvalue weighted by molar-refractivity contribution is 0.179. The number of ether oxygens (including phenoxy) is 2. The van der Waals surface area contributed by atoms with Gasteiger partial charge < -0.3 is 15.2 Å². The molecule has 3 nitrogen and oxygen atoms in total. The van der Waals surface area contributed by atoms with E-state index >= 15 is 0 Å². The molecule has 78 valence electrons. The molecule has 0 aliphatic rings. The second-order valence-electron chi connectivity index (χ2n) is 2.95. The quantitative estimate of drug-likeness (QED) is 0.798. The molecule has 0 unspecified atom stereocenters. The zero-order chi connectivity index (χ0) is 10.6. The van der Waals surface area contributed by atoms with Crippen molar-refractivity contribution in [1.82, 2.24) is 0 Å². The van der Waals surface area contributed by atoms with Crippen molar-refractivity contribution in [2.24, 2.45) is 5.73 Å². The average molecular weight is 199 g/mol. The Labute approximate surface area is 82.6 Å². The molecule has 0 spiro atoms. The van der Waals surface area contributed by atoms with Gasteiger partial charge in [-0.05, 0) is 18.2 Å². The van der Waals surface area contributed by atoms with Gasteiger partial charge in [0, 0.05) is 12.7 Å². The lowest BCUT2D eigenvalue weighted by atomic mass is 10.1. The van der Waals surface area contributed by atoms with E-state index in [-0.39, 0.29) is 11.9 Å². The Hall–Kier alpha value is -1.13. The van der Waals surface area contributed by atoms with Crippen molar-refractivity contribution in [2.75, 3.05) is 20.8 Å². The predicted molar refractivity (Wildman–Crippen MR) is 51.8 cm³/mol. The van der Waals surface area contributed by atoms with Gasteiger partial charge in [0.15, 0.2) is 0 Å². The average Bonchev–Trinajstić information content (AvgIpc) is 2.18. The summed E-state index contributed by atoms with van der Waals surface area (Å²) in [7, 11) is 3.07. The normalized spacial score (nSPS) is 12.6. The Bertz CT molecular complexity index is 304. The lowest BCUT2D eigenvalue weighted by Gasteiger charge is -2.14. The van der Waals surface area contributed by atoms with Gasteiger partial charge in [0.05, 0.1) is 19.8 Å². The highest BCUT2D eigenvalue weighted by molar-refractivity contribution is 5.36. The van der Waals surface area contributed by atoms with Crippen LogP contribution in [-0.4, -0.2) is 20.8 Å². The first kappa shape index (κ1) is 10.9. The molecule has 0 heterocycles. The van der Waals surface area contributed by atoms with E-state index in [4.69, 9.17) is 15.2 Å². The van der Waals surface area contributed by atoms with E-state index in [1.165, 1.54) is 19.2 Å². The number of rotatable bonds is 4. The maximum atomic E-state index is 12.9. The molecule has 0 radical (unpaired) electrons. The van der Waals surface area contributed by atoms with Crippen LogP contribution in [0.15, 0.2) is 18.2 Å². The summed E-state index contributed by atoms with van der Waals surface area (Å²) in [6.45, 7) is 0.333. The highest BCUT2D eigenvalue weighted by Gasteiger charge is 2.12. The Balaban J connectivity index is 2.97. The predicted octanol–water partition coefficient (Wildman–Crippen LogP) is 1.48. The Morgan fingerprint density at radius 2 is 2.14 bits per heavy atom. The van der Waals surface area contributed by atoms with Crippen LogP contribution in [0, 0.1) is 5.82 Å². The van der Waals surface area contributed by atoms with Crippen LogP contribution in [0.3, 0.4) is 0 Å². The van der Waals surface area contributed by atoms with Crippen LogP contribution in [0.4, 0.5) is 4.39 Å². The largest absolute Gasteiger partial charge is 0.496 e. The van der Waals surface area contributed by atoms with Gasteiger partial charge in [0.1, 0.15) is 11.6 Å². The lowest BCUT2D eigenvalue weighted by Crippen LogP contribution is -2.17. The number of benzene rings is 1. The molecule has 1 rings (SSSR count). The van der Waals surface area contributed by atoms with E-state index in [1.54, 1.807) is 13.2 Å². The van der Waals surface area contributed by atoms with Crippen LogP contribution in [-0.2, 0) is 4.74 Å². The van der Waals surface area contributed by atoms with E-state index in [1.807, 2.05) is 0 Å². The molecule has 0 aromatic heterocycles. The zero-order valence-corrected chi connectivity index (χ0v) is 8.29. The maximum absolute atomic E-state index is 12.9. The molecule has 0 fully saturated rings. The number of hydrogen-bond donors (Lipinski definition) is 1. The Morgan fingerprint density at radius 1 is 1.43 bits per heavy atom.